The summed E-state index contributed by atoms with van der Waals surface area (Å²) in [5, 5.41) is 3.05. The fraction of sp³-hybridized carbons (Fsp3) is 0.273. The van der Waals surface area contributed by atoms with Gasteiger partial charge < -0.3 is 4.74 Å². The van der Waals surface area contributed by atoms with Crippen LogP contribution in [-0.2, 0) is 16.1 Å². The molecule has 1 amide bonds. The number of aromatic nitrogens is 1. The molecule has 0 bridgehead atoms. The van der Waals surface area contributed by atoms with E-state index < -0.39 is 0 Å². The lowest BCUT2D eigenvalue weighted by atomic mass is 10.2. The fourth-order valence-electron chi connectivity index (χ4n) is 2.89. The number of thiazole rings is 1. The van der Waals surface area contributed by atoms with E-state index in [-0.39, 0.29) is 18.3 Å². The smallest absolute Gasteiger partial charge is 0.255 e. The highest BCUT2D eigenvalue weighted by Gasteiger charge is 2.24. The third-order valence-corrected chi connectivity index (χ3v) is 5.90. The standard InChI is InChI=1S/C22H20ClFN2O2S/c23-19-4-2-1-3-18(19)20-14-29-22(25-20)26(11-15-7-9-17(24)10-8-15)21(27)13-28-12-16-5-6-16/h1-4,7-10,14,16H,5-6,11-13H2. The molecule has 1 aromatic heterocycles. The van der Waals surface area contributed by atoms with Gasteiger partial charge in [-0.2, -0.15) is 0 Å². The molecule has 1 aliphatic carbocycles. The van der Waals surface area contributed by atoms with Gasteiger partial charge in [0.05, 0.1) is 18.8 Å². The van der Waals surface area contributed by atoms with Crippen LogP contribution < -0.4 is 4.90 Å². The van der Waals surface area contributed by atoms with Gasteiger partial charge in [-0.25, -0.2) is 9.37 Å². The first-order valence-corrected chi connectivity index (χ1v) is 10.7. The first-order chi connectivity index (χ1) is 14.1. The molecule has 0 radical (unpaired) electrons. The molecule has 4 rings (SSSR count). The van der Waals surface area contributed by atoms with Gasteiger partial charge in [0.15, 0.2) is 5.13 Å². The molecule has 0 atom stereocenters. The third-order valence-electron chi connectivity index (χ3n) is 4.70. The number of ether oxygens (including phenoxy) is 1. The van der Waals surface area contributed by atoms with Crippen LogP contribution in [0.3, 0.4) is 0 Å². The van der Waals surface area contributed by atoms with Gasteiger partial charge >= 0.3 is 0 Å². The van der Waals surface area contributed by atoms with Crippen LogP contribution >= 0.6 is 22.9 Å². The van der Waals surface area contributed by atoms with Crippen LogP contribution in [0.5, 0.6) is 0 Å². The summed E-state index contributed by atoms with van der Waals surface area (Å²) in [4.78, 5) is 19.1. The maximum absolute atomic E-state index is 13.3. The average molecular weight is 431 g/mol. The molecule has 1 aliphatic rings. The maximum Gasteiger partial charge on any atom is 0.255 e. The lowest BCUT2D eigenvalue weighted by molar-refractivity contribution is -0.123. The maximum atomic E-state index is 13.3. The lowest BCUT2D eigenvalue weighted by Gasteiger charge is -2.20. The molecule has 1 saturated carbocycles. The zero-order valence-electron chi connectivity index (χ0n) is 15.7. The Balaban J connectivity index is 1.56. The highest BCUT2D eigenvalue weighted by atomic mass is 35.5. The van der Waals surface area contributed by atoms with Gasteiger partial charge in [-0.15, -0.1) is 11.3 Å². The molecular formula is C22H20ClFN2O2S. The second kappa shape index (κ2) is 9.03. The summed E-state index contributed by atoms with van der Waals surface area (Å²) in [7, 11) is 0. The van der Waals surface area contributed by atoms with E-state index in [4.69, 9.17) is 16.3 Å². The van der Waals surface area contributed by atoms with Gasteiger partial charge in [-0.05, 0) is 42.5 Å². The summed E-state index contributed by atoms with van der Waals surface area (Å²) in [6, 6.07) is 13.6. The molecule has 0 N–H and O–H groups in total. The number of amides is 1. The van der Waals surface area contributed by atoms with Crippen molar-refractivity contribution < 1.29 is 13.9 Å². The van der Waals surface area contributed by atoms with E-state index in [1.165, 1.54) is 36.3 Å². The molecule has 0 unspecified atom stereocenters. The summed E-state index contributed by atoms with van der Waals surface area (Å²) >= 11 is 7.66. The number of benzene rings is 2. The number of halogens is 2. The molecule has 1 fully saturated rings. The van der Waals surface area contributed by atoms with E-state index in [1.54, 1.807) is 17.0 Å². The minimum atomic E-state index is -0.311. The van der Waals surface area contributed by atoms with Crippen molar-refractivity contribution in [3.05, 3.63) is 70.3 Å². The van der Waals surface area contributed by atoms with Gasteiger partial charge in [0.2, 0.25) is 0 Å². The van der Waals surface area contributed by atoms with Gasteiger partial charge in [0.1, 0.15) is 12.4 Å². The molecule has 0 saturated heterocycles. The number of carbonyl (C=O) groups is 1. The average Bonchev–Trinajstić information content (AvgIpc) is 3.42. The number of hydrogen-bond donors (Lipinski definition) is 0. The number of carbonyl (C=O) groups excluding carboxylic acids is 1. The second-order valence-electron chi connectivity index (χ2n) is 7.06. The quantitative estimate of drug-likeness (QED) is 0.469. The molecular weight excluding hydrogens is 411 g/mol. The van der Waals surface area contributed by atoms with Gasteiger partial charge in [-0.3, -0.25) is 9.69 Å². The Kier molecular flexibility index (Phi) is 6.23. The van der Waals surface area contributed by atoms with Crippen molar-refractivity contribution in [3.8, 4) is 11.3 Å². The Morgan fingerprint density at radius 3 is 2.69 bits per heavy atom. The van der Waals surface area contributed by atoms with Crippen LogP contribution in [0, 0.1) is 11.7 Å². The molecule has 4 nitrogen and oxygen atoms in total. The molecule has 29 heavy (non-hydrogen) atoms. The highest BCUT2D eigenvalue weighted by molar-refractivity contribution is 7.14. The Bertz CT molecular complexity index is 988. The lowest BCUT2D eigenvalue weighted by Crippen LogP contribution is -2.33. The van der Waals surface area contributed by atoms with E-state index in [2.05, 4.69) is 4.98 Å². The molecule has 2 aromatic carbocycles. The molecule has 7 heteroatoms. The zero-order valence-corrected chi connectivity index (χ0v) is 17.3. The van der Waals surface area contributed by atoms with Crippen LogP contribution in [0.2, 0.25) is 5.02 Å². The van der Waals surface area contributed by atoms with Crippen LogP contribution in [0.1, 0.15) is 18.4 Å². The first-order valence-electron chi connectivity index (χ1n) is 9.43. The van der Waals surface area contributed by atoms with Crippen LogP contribution in [0.25, 0.3) is 11.3 Å². The van der Waals surface area contributed by atoms with Gasteiger partial charge in [0, 0.05) is 16.0 Å². The fourth-order valence-corrected chi connectivity index (χ4v) is 3.97. The van der Waals surface area contributed by atoms with Gasteiger partial charge in [-0.1, -0.05) is 41.9 Å². The van der Waals surface area contributed by atoms with Crippen LogP contribution in [-0.4, -0.2) is 24.1 Å². The Morgan fingerprint density at radius 2 is 1.97 bits per heavy atom. The van der Waals surface area contributed by atoms with Crippen LogP contribution in [0.4, 0.5) is 9.52 Å². The number of rotatable bonds is 8. The third kappa shape index (κ3) is 5.21. The molecule has 150 valence electrons. The molecule has 0 aliphatic heterocycles. The summed E-state index contributed by atoms with van der Waals surface area (Å²) in [6.07, 6.45) is 2.34. The second-order valence-corrected chi connectivity index (χ2v) is 8.30. The highest BCUT2D eigenvalue weighted by Crippen LogP contribution is 2.33. The summed E-state index contributed by atoms with van der Waals surface area (Å²) in [5.41, 5.74) is 2.35. The molecule has 3 aromatic rings. The molecule has 0 spiro atoms. The predicted molar refractivity (Wildman–Crippen MR) is 114 cm³/mol. The minimum Gasteiger partial charge on any atom is -0.371 e. The Morgan fingerprint density at radius 1 is 1.21 bits per heavy atom. The van der Waals surface area contributed by atoms with E-state index in [1.807, 2.05) is 29.6 Å². The topological polar surface area (TPSA) is 42.4 Å². The van der Waals surface area contributed by atoms with Crippen molar-refractivity contribution in [2.45, 2.75) is 19.4 Å². The predicted octanol–water partition coefficient (Wildman–Crippen LogP) is 5.56. The van der Waals surface area contributed by atoms with Crippen molar-refractivity contribution in [1.29, 1.82) is 0 Å². The van der Waals surface area contributed by atoms with Gasteiger partial charge in [0.25, 0.3) is 5.91 Å². The van der Waals surface area contributed by atoms with Crippen molar-refractivity contribution in [2.24, 2.45) is 5.92 Å². The van der Waals surface area contributed by atoms with Crippen molar-refractivity contribution in [3.63, 3.8) is 0 Å². The van der Waals surface area contributed by atoms with E-state index >= 15 is 0 Å². The number of anilines is 1. The van der Waals surface area contributed by atoms with Crippen LogP contribution in [0.15, 0.2) is 53.9 Å². The van der Waals surface area contributed by atoms with E-state index in [0.29, 0.717) is 34.9 Å². The minimum absolute atomic E-state index is 0.00129. The van der Waals surface area contributed by atoms with E-state index in [9.17, 15) is 9.18 Å². The van der Waals surface area contributed by atoms with E-state index in [0.717, 1.165) is 11.1 Å². The summed E-state index contributed by atoms with van der Waals surface area (Å²) in [6.45, 7) is 0.902. The zero-order chi connectivity index (χ0) is 20.2. The Labute approximate surface area is 177 Å². The van der Waals surface area contributed by atoms with Crippen molar-refractivity contribution in [1.82, 2.24) is 4.98 Å². The SMILES string of the molecule is O=C(COCC1CC1)N(Cc1ccc(F)cc1)c1nc(-c2ccccc2Cl)cs1. The Hall–Kier alpha value is -2.28. The van der Waals surface area contributed by atoms with Crippen molar-refractivity contribution in [2.75, 3.05) is 18.1 Å². The number of hydrogen-bond acceptors (Lipinski definition) is 4. The monoisotopic (exact) mass is 430 g/mol. The summed E-state index contributed by atoms with van der Waals surface area (Å²) in [5.74, 6) is 0.102. The first kappa shape index (κ1) is 20.0. The normalized spacial score (nSPS) is 13.4. The molecule has 1 heterocycles. The number of nitrogens with zero attached hydrogens (tertiary/aromatic N) is 2. The largest absolute Gasteiger partial charge is 0.371 e. The van der Waals surface area contributed by atoms with Crippen molar-refractivity contribution >= 4 is 34.0 Å². The summed E-state index contributed by atoms with van der Waals surface area (Å²) < 4.78 is 18.9.